The SMILES string of the molecule is CC(NC1CCSc2ccccc21)c1ccn[nH]1. The summed E-state index contributed by atoms with van der Waals surface area (Å²) in [5, 5.41) is 10.7. The first-order valence-corrected chi connectivity index (χ1v) is 7.30. The van der Waals surface area contributed by atoms with Crippen LogP contribution in [-0.4, -0.2) is 16.0 Å². The molecule has 2 N–H and O–H groups in total. The minimum atomic E-state index is 0.300. The molecule has 0 aliphatic carbocycles. The van der Waals surface area contributed by atoms with Gasteiger partial charge in [-0.25, -0.2) is 0 Å². The lowest BCUT2D eigenvalue weighted by Gasteiger charge is -2.28. The van der Waals surface area contributed by atoms with Crippen molar-refractivity contribution >= 4 is 11.8 Å². The number of hydrogen-bond donors (Lipinski definition) is 2. The molecular formula is C14H17N3S. The number of benzene rings is 1. The van der Waals surface area contributed by atoms with Crippen LogP contribution in [0.2, 0.25) is 0 Å². The lowest BCUT2D eigenvalue weighted by Crippen LogP contribution is -2.27. The van der Waals surface area contributed by atoms with E-state index in [9.17, 15) is 0 Å². The number of aromatic amines is 1. The Balaban J connectivity index is 1.78. The summed E-state index contributed by atoms with van der Waals surface area (Å²) in [6, 6.07) is 11.5. The van der Waals surface area contributed by atoms with Crippen LogP contribution >= 0.6 is 11.8 Å². The van der Waals surface area contributed by atoms with E-state index in [1.165, 1.54) is 22.6 Å². The fourth-order valence-corrected chi connectivity index (χ4v) is 3.54. The van der Waals surface area contributed by atoms with Crippen molar-refractivity contribution in [1.29, 1.82) is 0 Å². The Morgan fingerprint density at radius 3 is 3.11 bits per heavy atom. The predicted octanol–water partition coefficient (Wildman–Crippen LogP) is 3.30. The van der Waals surface area contributed by atoms with Crippen molar-refractivity contribution in [2.75, 3.05) is 5.75 Å². The highest BCUT2D eigenvalue weighted by Gasteiger charge is 2.22. The fraction of sp³-hybridized carbons (Fsp3) is 0.357. The van der Waals surface area contributed by atoms with E-state index in [1.54, 1.807) is 6.20 Å². The topological polar surface area (TPSA) is 40.7 Å². The average molecular weight is 259 g/mol. The van der Waals surface area contributed by atoms with Crippen LogP contribution in [0.3, 0.4) is 0 Å². The van der Waals surface area contributed by atoms with E-state index in [-0.39, 0.29) is 0 Å². The molecule has 0 bridgehead atoms. The number of nitrogens with zero attached hydrogens (tertiary/aromatic N) is 1. The van der Waals surface area contributed by atoms with Gasteiger partial charge in [-0.05, 0) is 36.8 Å². The average Bonchev–Trinajstić information content (AvgIpc) is 2.93. The van der Waals surface area contributed by atoms with Crippen LogP contribution < -0.4 is 5.32 Å². The van der Waals surface area contributed by atoms with Crippen LogP contribution in [0.1, 0.15) is 36.7 Å². The summed E-state index contributed by atoms with van der Waals surface area (Å²) < 4.78 is 0. The van der Waals surface area contributed by atoms with Crippen LogP contribution in [0.25, 0.3) is 0 Å². The number of aromatic nitrogens is 2. The second kappa shape index (κ2) is 5.16. The monoisotopic (exact) mass is 259 g/mol. The summed E-state index contributed by atoms with van der Waals surface area (Å²) >= 11 is 1.96. The molecule has 1 aliphatic rings. The van der Waals surface area contributed by atoms with Gasteiger partial charge in [0.2, 0.25) is 0 Å². The van der Waals surface area contributed by atoms with Crippen molar-refractivity contribution in [2.24, 2.45) is 0 Å². The molecule has 1 aliphatic heterocycles. The highest BCUT2D eigenvalue weighted by atomic mass is 32.2. The van der Waals surface area contributed by atoms with E-state index in [0.717, 1.165) is 5.69 Å². The molecule has 4 heteroatoms. The summed E-state index contributed by atoms with van der Waals surface area (Å²) in [6.45, 7) is 2.18. The van der Waals surface area contributed by atoms with E-state index in [1.807, 2.05) is 17.8 Å². The molecule has 0 fully saturated rings. The third kappa shape index (κ3) is 2.31. The second-order valence-corrected chi connectivity index (χ2v) is 5.76. The number of nitrogens with one attached hydrogen (secondary N) is 2. The van der Waals surface area contributed by atoms with Gasteiger partial charge in [0.15, 0.2) is 0 Å². The number of rotatable bonds is 3. The Bertz CT molecular complexity index is 510. The molecule has 2 unspecified atom stereocenters. The van der Waals surface area contributed by atoms with Gasteiger partial charge in [-0.15, -0.1) is 11.8 Å². The Hall–Kier alpha value is -1.26. The van der Waals surface area contributed by atoms with Crippen LogP contribution in [0, 0.1) is 0 Å². The number of hydrogen-bond acceptors (Lipinski definition) is 3. The summed E-state index contributed by atoms with van der Waals surface area (Å²) in [4.78, 5) is 1.41. The van der Waals surface area contributed by atoms with E-state index >= 15 is 0 Å². The molecule has 0 saturated carbocycles. The normalized spacial score (nSPS) is 20.4. The fourth-order valence-electron chi connectivity index (χ4n) is 2.41. The smallest absolute Gasteiger partial charge is 0.0518 e. The minimum absolute atomic E-state index is 0.300. The Morgan fingerprint density at radius 1 is 1.39 bits per heavy atom. The molecule has 0 spiro atoms. The van der Waals surface area contributed by atoms with E-state index < -0.39 is 0 Å². The summed E-state index contributed by atoms with van der Waals surface area (Å²) in [7, 11) is 0. The van der Waals surface area contributed by atoms with Crippen molar-refractivity contribution in [3.8, 4) is 0 Å². The van der Waals surface area contributed by atoms with Crippen LogP contribution in [-0.2, 0) is 0 Å². The van der Waals surface area contributed by atoms with Crippen molar-refractivity contribution in [1.82, 2.24) is 15.5 Å². The van der Waals surface area contributed by atoms with Crippen molar-refractivity contribution in [3.05, 3.63) is 47.8 Å². The van der Waals surface area contributed by atoms with Gasteiger partial charge in [0, 0.05) is 23.2 Å². The molecule has 18 heavy (non-hydrogen) atoms. The van der Waals surface area contributed by atoms with Gasteiger partial charge >= 0.3 is 0 Å². The Kier molecular flexibility index (Phi) is 3.39. The van der Waals surface area contributed by atoms with Crippen molar-refractivity contribution in [2.45, 2.75) is 30.3 Å². The van der Waals surface area contributed by atoms with E-state index in [0.29, 0.717) is 12.1 Å². The van der Waals surface area contributed by atoms with Crippen LogP contribution in [0.15, 0.2) is 41.4 Å². The zero-order valence-corrected chi connectivity index (χ0v) is 11.2. The maximum Gasteiger partial charge on any atom is 0.0518 e. The summed E-state index contributed by atoms with van der Waals surface area (Å²) in [5.41, 5.74) is 2.57. The molecule has 2 heterocycles. The lowest BCUT2D eigenvalue weighted by molar-refractivity contribution is 0.443. The molecule has 3 rings (SSSR count). The van der Waals surface area contributed by atoms with Gasteiger partial charge in [-0.1, -0.05) is 18.2 Å². The lowest BCUT2D eigenvalue weighted by atomic mass is 10.0. The highest BCUT2D eigenvalue weighted by Crippen LogP contribution is 2.36. The predicted molar refractivity (Wildman–Crippen MR) is 74.7 cm³/mol. The van der Waals surface area contributed by atoms with Crippen LogP contribution in [0.4, 0.5) is 0 Å². The first kappa shape index (κ1) is 11.8. The molecule has 94 valence electrons. The minimum Gasteiger partial charge on any atom is -0.302 e. The van der Waals surface area contributed by atoms with Crippen molar-refractivity contribution < 1.29 is 0 Å². The molecule has 1 aromatic carbocycles. The molecule has 0 amide bonds. The van der Waals surface area contributed by atoms with E-state index in [2.05, 4.69) is 46.7 Å². The van der Waals surface area contributed by atoms with Crippen LogP contribution in [0.5, 0.6) is 0 Å². The molecule has 3 nitrogen and oxygen atoms in total. The Labute approximate surface area is 111 Å². The molecule has 0 saturated heterocycles. The third-order valence-corrected chi connectivity index (χ3v) is 4.52. The highest BCUT2D eigenvalue weighted by molar-refractivity contribution is 7.99. The zero-order valence-electron chi connectivity index (χ0n) is 10.4. The molecule has 2 aromatic rings. The standard InChI is InChI=1S/C14H17N3S/c1-10(12-6-8-15-17-12)16-13-7-9-18-14-5-3-2-4-11(13)14/h2-6,8,10,13,16H,7,9H2,1H3,(H,15,17). The molecule has 1 aromatic heterocycles. The summed E-state index contributed by atoms with van der Waals surface area (Å²) in [5.74, 6) is 1.18. The third-order valence-electron chi connectivity index (χ3n) is 3.40. The van der Waals surface area contributed by atoms with Crippen molar-refractivity contribution in [3.63, 3.8) is 0 Å². The first-order valence-electron chi connectivity index (χ1n) is 6.31. The maximum atomic E-state index is 4.01. The summed E-state index contributed by atoms with van der Waals surface area (Å²) in [6.07, 6.45) is 2.98. The Morgan fingerprint density at radius 2 is 2.28 bits per heavy atom. The quantitative estimate of drug-likeness (QED) is 0.888. The van der Waals surface area contributed by atoms with Gasteiger partial charge in [0.25, 0.3) is 0 Å². The maximum absolute atomic E-state index is 4.01. The zero-order chi connectivity index (χ0) is 12.4. The molecule has 0 radical (unpaired) electrons. The number of fused-ring (bicyclic) bond motifs is 1. The number of thioether (sulfide) groups is 1. The molecular weight excluding hydrogens is 242 g/mol. The first-order chi connectivity index (χ1) is 8.84. The van der Waals surface area contributed by atoms with Gasteiger partial charge in [-0.2, -0.15) is 5.10 Å². The van der Waals surface area contributed by atoms with Gasteiger partial charge in [-0.3, -0.25) is 5.10 Å². The van der Waals surface area contributed by atoms with Gasteiger partial charge in [0.05, 0.1) is 5.69 Å². The largest absolute Gasteiger partial charge is 0.302 e. The number of H-pyrrole nitrogens is 1. The van der Waals surface area contributed by atoms with Gasteiger partial charge in [0.1, 0.15) is 0 Å². The van der Waals surface area contributed by atoms with E-state index in [4.69, 9.17) is 0 Å². The molecule has 2 atom stereocenters. The van der Waals surface area contributed by atoms with Gasteiger partial charge < -0.3 is 5.32 Å². The second-order valence-electron chi connectivity index (χ2n) is 4.63.